The van der Waals surface area contributed by atoms with Crippen LogP contribution in [0.25, 0.3) is 0 Å². The van der Waals surface area contributed by atoms with Crippen molar-refractivity contribution in [3.05, 3.63) is 34.4 Å². The van der Waals surface area contributed by atoms with Crippen molar-refractivity contribution in [1.82, 2.24) is 0 Å². The molecule has 1 aliphatic rings. The number of hydrogen-bond donors (Lipinski definition) is 0. The van der Waals surface area contributed by atoms with E-state index >= 15 is 0 Å². The highest BCUT2D eigenvalue weighted by Gasteiger charge is 2.32. The van der Waals surface area contributed by atoms with Gasteiger partial charge >= 0.3 is 5.97 Å². The average Bonchev–Trinajstić information content (AvgIpc) is 2.88. The lowest BCUT2D eigenvalue weighted by Crippen LogP contribution is -2.37. The number of nitro benzene ring substituents is 1. The van der Waals surface area contributed by atoms with E-state index in [9.17, 15) is 14.9 Å². The molecule has 19 heavy (non-hydrogen) atoms. The summed E-state index contributed by atoms with van der Waals surface area (Å²) in [6.07, 6.45) is 1.60. The lowest BCUT2D eigenvalue weighted by Gasteiger charge is -2.24. The van der Waals surface area contributed by atoms with Gasteiger partial charge in [-0.3, -0.25) is 10.1 Å². The first kappa shape index (κ1) is 13.3. The molecule has 0 saturated carbocycles. The number of esters is 1. The van der Waals surface area contributed by atoms with Gasteiger partial charge in [0.15, 0.2) is 0 Å². The van der Waals surface area contributed by atoms with E-state index < -0.39 is 4.92 Å². The molecule has 0 bridgehead atoms. The molecular formula is C13H16N2O4. The molecule has 1 unspecified atom stereocenters. The van der Waals surface area contributed by atoms with Gasteiger partial charge in [0.25, 0.3) is 5.69 Å². The predicted molar refractivity (Wildman–Crippen MR) is 70.1 cm³/mol. The molecule has 0 spiro atoms. The molecule has 1 fully saturated rings. The lowest BCUT2D eigenvalue weighted by atomic mass is 10.2. The fourth-order valence-electron chi connectivity index (χ4n) is 2.34. The zero-order valence-electron chi connectivity index (χ0n) is 10.7. The molecule has 0 radical (unpaired) electrons. The quantitative estimate of drug-likeness (QED) is 0.473. The van der Waals surface area contributed by atoms with E-state index in [4.69, 9.17) is 4.74 Å². The van der Waals surface area contributed by atoms with Crippen molar-refractivity contribution >= 4 is 17.3 Å². The lowest BCUT2D eigenvalue weighted by molar-refractivity contribution is -0.384. The van der Waals surface area contributed by atoms with E-state index in [0.29, 0.717) is 18.8 Å². The Kier molecular flexibility index (Phi) is 3.99. The average molecular weight is 264 g/mol. The van der Waals surface area contributed by atoms with Crippen molar-refractivity contribution in [3.8, 4) is 0 Å². The molecule has 1 heterocycles. The van der Waals surface area contributed by atoms with Gasteiger partial charge in [-0.05, 0) is 25.8 Å². The number of carbonyl (C=O) groups excluding carboxylic acids is 1. The number of nitro groups is 1. The van der Waals surface area contributed by atoms with Crippen LogP contribution in [0.1, 0.15) is 19.8 Å². The minimum atomic E-state index is -0.432. The molecule has 2 rings (SSSR count). The van der Waals surface area contributed by atoms with E-state index in [2.05, 4.69) is 0 Å². The molecule has 6 nitrogen and oxygen atoms in total. The molecule has 1 aromatic rings. The van der Waals surface area contributed by atoms with Crippen molar-refractivity contribution < 1.29 is 14.5 Å². The summed E-state index contributed by atoms with van der Waals surface area (Å²) in [5.41, 5.74) is 0.733. The van der Waals surface area contributed by atoms with Gasteiger partial charge in [0.1, 0.15) is 6.04 Å². The molecular weight excluding hydrogens is 248 g/mol. The minimum Gasteiger partial charge on any atom is -0.464 e. The third-order valence-corrected chi connectivity index (χ3v) is 3.18. The number of carbonyl (C=O) groups is 1. The van der Waals surface area contributed by atoms with Gasteiger partial charge in [0.2, 0.25) is 0 Å². The number of ether oxygens (including phenoxy) is 1. The molecule has 1 aliphatic heterocycles. The highest BCUT2D eigenvalue weighted by atomic mass is 16.6. The van der Waals surface area contributed by atoms with E-state index in [1.165, 1.54) is 12.1 Å². The third kappa shape index (κ3) is 2.83. The molecule has 1 saturated heterocycles. The first-order valence-corrected chi connectivity index (χ1v) is 6.31. The summed E-state index contributed by atoms with van der Waals surface area (Å²) in [6.45, 7) is 2.83. The van der Waals surface area contributed by atoms with Crippen LogP contribution in [-0.4, -0.2) is 30.1 Å². The fourth-order valence-corrected chi connectivity index (χ4v) is 2.34. The number of rotatable bonds is 4. The summed E-state index contributed by atoms with van der Waals surface area (Å²) in [5, 5.41) is 10.8. The van der Waals surface area contributed by atoms with Crippen LogP contribution in [0.5, 0.6) is 0 Å². The monoisotopic (exact) mass is 264 g/mol. The van der Waals surface area contributed by atoms with Crippen LogP contribution in [0.3, 0.4) is 0 Å². The van der Waals surface area contributed by atoms with Crippen LogP contribution >= 0.6 is 0 Å². The van der Waals surface area contributed by atoms with Gasteiger partial charge in [0, 0.05) is 24.4 Å². The highest BCUT2D eigenvalue weighted by molar-refractivity contribution is 5.81. The Bertz CT molecular complexity index is 489. The first-order valence-electron chi connectivity index (χ1n) is 6.31. The molecule has 0 N–H and O–H groups in total. The van der Waals surface area contributed by atoms with Gasteiger partial charge in [-0.25, -0.2) is 4.79 Å². The number of non-ortho nitro benzene ring substituents is 1. The molecule has 0 aromatic heterocycles. The van der Waals surface area contributed by atoms with Crippen LogP contribution in [0, 0.1) is 10.1 Å². The Morgan fingerprint density at radius 1 is 1.58 bits per heavy atom. The van der Waals surface area contributed by atoms with Crippen LogP contribution < -0.4 is 4.90 Å². The van der Waals surface area contributed by atoms with E-state index in [1.54, 1.807) is 19.1 Å². The van der Waals surface area contributed by atoms with Crippen LogP contribution in [0.2, 0.25) is 0 Å². The Labute approximate surface area is 111 Å². The van der Waals surface area contributed by atoms with Gasteiger partial charge < -0.3 is 9.64 Å². The zero-order valence-corrected chi connectivity index (χ0v) is 10.7. The second-order valence-electron chi connectivity index (χ2n) is 4.38. The Morgan fingerprint density at radius 2 is 2.37 bits per heavy atom. The minimum absolute atomic E-state index is 0.0343. The smallest absolute Gasteiger partial charge is 0.328 e. The van der Waals surface area contributed by atoms with Crippen molar-refractivity contribution in [2.45, 2.75) is 25.8 Å². The fraction of sp³-hybridized carbons (Fsp3) is 0.462. The van der Waals surface area contributed by atoms with E-state index in [0.717, 1.165) is 12.8 Å². The summed E-state index contributed by atoms with van der Waals surface area (Å²) < 4.78 is 5.04. The van der Waals surface area contributed by atoms with Gasteiger partial charge in [-0.1, -0.05) is 6.07 Å². The maximum atomic E-state index is 11.9. The predicted octanol–water partition coefficient (Wildman–Crippen LogP) is 2.13. The summed E-state index contributed by atoms with van der Waals surface area (Å²) >= 11 is 0. The topological polar surface area (TPSA) is 72.7 Å². The number of anilines is 1. The summed E-state index contributed by atoms with van der Waals surface area (Å²) in [5.74, 6) is -0.258. The summed E-state index contributed by atoms with van der Waals surface area (Å²) in [7, 11) is 0. The normalized spacial score (nSPS) is 18.4. The second-order valence-corrected chi connectivity index (χ2v) is 4.38. The standard InChI is InChI=1S/C13H16N2O4/c1-2-19-13(16)12-7-4-8-14(12)10-5-3-6-11(9-10)15(17)18/h3,5-6,9,12H,2,4,7-8H2,1H3. The highest BCUT2D eigenvalue weighted by Crippen LogP contribution is 2.28. The van der Waals surface area contributed by atoms with Crippen molar-refractivity contribution in [3.63, 3.8) is 0 Å². The van der Waals surface area contributed by atoms with Crippen molar-refractivity contribution in [1.29, 1.82) is 0 Å². The third-order valence-electron chi connectivity index (χ3n) is 3.18. The van der Waals surface area contributed by atoms with Crippen LogP contribution in [-0.2, 0) is 9.53 Å². The number of hydrogen-bond acceptors (Lipinski definition) is 5. The van der Waals surface area contributed by atoms with Crippen molar-refractivity contribution in [2.24, 2.45) is 0 Å². The van der Waals surface area contributed by atoms with E-state index in [1.807, 2.05) is 4.90 Å². The Balaban J connectivity index is 2.22. The van der Waals surface area contributed by atoms with Gasteiger partial charge in [-0.2, -0.15) is 0 Å². The Hall–Kier alpha value is -2.11. The SMILES string of the molecule is CCOC(=O)C1CCCN1c1cccc([N+](=O)[O-])c1. The number of benzene rings is 1. The first-order chi connectivity index (χ1) is 9.13. The van der Waals surface area contributed by atoms with Gasteiger partial charge in [-0.15, -0.1) is 0 Å². The number of nitrogens with zero attached hydrogens (tertiary/aromatic N) is 2. The van der Waals surface area contributed by atoms with Crippen LogP contribution in [0.4, 0.5) is 11.4 Å². The molecule has 6 heteroatoms. The summed E-state index contributed by atoms with van der Waals surface area (Å²) in [6, 6.07) is 6.02. The summed E-state index contributed by atoms with van der Waals surface area (Å²) in [4.78, 5) is 24.1. The van der Waals surface area contributed by atoms with Crippen molar-refractivity contribution in [2.75, 3.05) is 18.1 Å². The largest absolute Gasteiger partial charge is 0.464 e. The Morgan fingerprint density at radius 3 is 3.05 bits per heavy atom. The molecule has 1 atom stereocenters. The van der Waals surface area contributed by atoms with E-state index in [-0.39, 0.29) is 17.7 Å². The molecule has 0 amide bonds. The molecule has 1 aromatic carbocycles. The zero-order chi connectivity index (χ0) is 13.8. The molecule has 0 aliphatic carbocycles. The maximum absolute atomic E-state index is 11.9. The van der Waals surface area contributed by atoms with Gasteiger partial charge in [0.05, 0.1) is 11.5 Å². The van der Waals surface area contributed by atoms with Crippen LogP contribution in [0.15, 0.2) is 24.3 Å². The molecule has 102 valence electrons. The second kappa shape index (κ2) is 5.69. The maximum Gasteiger partial charge on any atom is 0.328 e.